The molecule has 1 atom stereocenters. The van der Waals surface area contributed by atoms with Gasteiger partial charge in [0, 0.05) is 0 Å². The first-order valence-corrected chi connectivity index (χ1v) is 8.32. The lowest BCUT2D eigenvalue weighted by Gasteiger charge is -2.17. The van der Waals surface area contributed by atoms with Crippen molar-refractivity contribution in [1.29, 1.82) is 0 Å². The monoisotopic (exact) mass is 305 g/mol. The maximum absolute atomic E-state index is 3.36. The van der Waals surface area contributed by atoms with Crippen LogP contribution in [-0.2, 0) is 0 Å². The fraction of sp³-hybridized carbons (Fsp3) is 0.273. The molecule has 0 saturated carbocycles. The van der Waals surface area contributed by atoms with Crippen LogP contribution in [0.15, 0.2) is 73.0 Å². The molecule has 1 heterocycles. The number of dihydropyridines is 1. The summed E-state index contributed by atoms with van der Waals surface area (Å²) in [4.78, 5) is 0. The molecule has 0 saturated heterocycles. The Morgan fingerprint density at radius 3 is 2.13 bits per heavy atom. The fourth-order valence-electron chi connectivity index (χ4n) is 2.39. The van der Waals surface area contributed by atoms with Crippen LogP contribution in [0.1, 0.15) is 37.9 Å². The second kappa shape index (κ2) is 8.38. The van der Waals surface area contributed by atoms with E-state index in [1.807, 2.05) is 12.3 Å². The summed E-state index contributed by atoms with van der Waals surface area (Å²) in [6.45, 7) is 8.63. The van der Waals surface area contributed by atoms with E-state index in [0.717, 1.165) is 5.92 Å². The van der Waals surface area contributed by atoms with E-state index in [0.29, 0.717) is 0 Å². The van der Waals surface area contributed by atoms with Crippen LogP contribution >= 0.6 is 0 Å². The molecule has 0 aliphatic carbocycles. The molecule has 23 heavy (non-hydrogen) atoms. The highest BCUT2D eigenvalue weighted by molar-refractivity contribution is 5.65. The van der Waals surface area contributed by atoms with Crippen molar-refractivity contribution in [2.45, 2.75) is 33.7 Å². The molecule has 3 rings (SSSR count). The molecule has 1 N–H and O–H groups in total. The van der Waals surface area contributed by atoms with Gasteiger partial charge in [0.15, 0.2) is 0 Å². The molecule has 1 nitrogen and oxygen atoms in total. The highest BCUT2D eigenvalue weighted by atomic mass is 14.9. The standard InChI is InChI=1S/C18H17N.C4H10/c1-14-6-4-7-15(12-14)16-8-5-9-17(13-16)18-10-2-3-11-19-18;1-4(2)3/h2-13,18-19H,1H3;4H,1-3H3. The van der Waals surface area contributed by atoms with Crippen LogP contribution < -0.4 is 5.32 Å². The predicted molar refractivity (Wildman–Crippen MR) is 101 cm³/mol. The van der Waals surface area contributed by atoms with Crippen LogP contribution in [0.2, 0.25) is 0 Å². The van der Waals surface area contributed by atoms with Crippen molar-refractivity contribution in [3.8, 4) is 11.1 Å². The number of rotatable bonds is 2. The topological polar surface area (TPSA) is 12.0 Å². The lowest BCUT2D eigenvalue weighted by Crippen LogP contribution is -2.14. The number of nitrogens with one attached hydrogen (secondary N) is 1. The molecule has 0 amide bonds. The summed E-state index contributed by atoms with van der Waals surface area (Å²) in [5.74, 6) is 0.833. The van der Waals surface area contributed by atoms with Crippen LogP contribution in [0, 0.1) is 12.8 Å². The third-order valence-electron chi connectivity index (χ3n) is 3.38. The Hall–Kier alpha value is -2.28. The Kier molecular flexibility index (Phi) is 6.22. The van der Waals surface area contributed by atoms with Crippen LogP contribution in [0.3, 0.4) is 0 Å². The third-order valence-corrected chi connectivity index (χ3v) is 3.38. The largest absolute Gasteiger partial charge is 0.381 e. The zero-order valence-electron chi connectivity index (χ0n) is 14.6. The Morgan fingerprint density at radius 2 is 1.52 bits per heavy atom. The van der Waals surface area contributed by atoms with Gasteiger partial charge in [-0.15, -0.1) is 0 Å². The molecule has 1 aliphatic heterocycles. The highest BCUT2D eigenvalue weighted by Gasteiger charge is 2.08. The Bertz CT molecular complexity index is 677. The van der Waals surface area contributed by atoms with Crippen molar-refractivity contribution in [1.82, 2.24) is 5.32 Å². The Morgan fingerprint density at radius 1 is 0.870 bits per heavy atom. The number of hydrogen-bond acceptors (Lipinski definition) is 1. The van der Waals surface area contributed by atoms with Gasteiger partial charge >= 0.3 is 0 Å². The quantitative estimate of drug-likeness (QED) is 0.713. The molecule has 2 aromatic carbocycles. The number of hydrogen-bond donors (Lipinski definition) is 1. The second-order valence-electron chi connectivity index (χ2n) is 6.62. The average Bonchev–Trinajstić information content (AvgIpc) is 2.55. The molecule has 0 spiro atoms. The molecular formula is C22H27N. The Balaban J connectivity index is 0.000000433. The highest BCUT2D eigenvalue weighted by Crippen LogP contribution is 2.25. The minimum atomic E-state index is 0.273. The van der Waals surface area contributed by atoms with E-state index in [1.54, 1.807) is 0 Å². The fourth-order valence-corrected chi connectivity index (χ4v) is 2.39. The van der Waals surface area contributed by atoms with E-state index >= 15 is 0 Å². The van der Waals surface area contributed by atoms with Crippen molar-refractivity contribution < 1.29 is 0 Å². The van der Waals surface area contributed by atoms with E-state index in [2.05, 4.69) is 93.7 Å². The molecule has 1 heteroatoms. The summed E-state index contributed by atoms with van der Waals surface area (Å²) in [6, 6.07) is 17.6. The van der Waals surface area contributed by atoms with Crippen LogP contribution in [0.5, 0.6) is 0 Å². The van der Waals surface area contributed by atoms with Crippen molar-refractivity contribution in [2.24, 2.45) is 5.92 Å². The minimum absolute atomic E-state index is 0.273. The first-order valence-electron chi connectivity index (χ1n) is 8.32. The number of benzene rings is 2. The van der Waals surface area contributed by atoms with E-state index in [9.17, 15) is 0 Å². The molecule has 2 aromatic rings. The molecule has 1 unspecified atom stereocenters. The van der Waals surface area contributed by atoms with Gasteiger partial charge < -0.3 is 5.32 Å². The van der Waals surface area contributed by atoms with Crippen LogP contribution in [-0.4, -0.2) is 0 Å². The van der Waals surface area contributed by atoms with E-state index in [4.69, 9.17) is 0 Å². The third kappa shape index (κ3) is 5.45. The Labute approximate surface area is 140 Å². The molecule has 0 fully saturated rings. The molecular weight excluding hydrogens is 278 g/mol. The number of allylic oxidation sites excluding steroid dienone is 2. The van der Waals surface area contributed by atoms with Gasteiger partial charge in [0.1, 0.15) is 0 Å². The zero-order valence-corrected chi connectivity index (χ0v) is 14.6. The van der Waals surface area contributed by atoms with Gasteiger partial charge in [-0.2, -0.15) is 0 Å². The second-order valence-corrected chi connectivity index (χ2v) is 6.62. The van der Waals surface area contributed by atoms with Gasteiger partial charge in [0.25, 0.3) is 0 Å². The van der Waals surface area contributed by atoms with Gasteiger partial charge in [-0.25, -0.2) is 0 Å². The normalized spacial score (nSPS) is 15.8. The van der Waals surface area contributed by atoms with Crippen LogP contribution in [0.25, 0.3) is 11.1 Å². The summed E-state index contributed by atoms with van der Waals surface area (Å²) in [5, 5.41) is 3.36. The minimum Gasteiger partial charge on any atom is -0.381 e. The maximum Gasteiger partial charge on any atom is 0.0695 e. The van der Waals surface area contributed by atoms with Crippen molar-refractivity contribution in [2.75, 3.05) is 0 Å². The van der Waals surface area contributed by atoms with Crippen molar-refractivity contribution >= 4 is 0 Å². The molecule has 1 aliphatic rings. The average molecular weight is 305 g/mol. The van der Waals surface area contributed by atoms with E-state index in [1.165, 1.54) is 22.3 Å². The van der Waals surface area contributed by atoms with Crippen LogP contribution in [0.4, 0.5) is 0 Å². The molecule has 0 bridgehead atoms. The van der Waals surface area contributed by atoms with Gasteiger partial charge in [-0.3, -0.25) is 0 Å². The van der Waals surface area contributed by atoms with Gasteiger partial charge in [0.05, 0.1) is 6.04 Å². The summed E-state index contributed by atoms with van der Waals surface area (Å²) in [6.07, 6.45) is 8.26. The molecule has 120 valence electrons. The zero-order chi connectivity index (χ0) is 16.7. The van der Waals surface area contributed by atoms with E-state index in [-0.39, 0.29) is 6.04 Å². The predicted octanol–water partition coefficient (Wildman–Crippen LogP) is 6.04. The van der Waals surface area contributed by atoms with Gasteiger partial charge in [-0.05, 0) is 47.9 Å². The summed E-state index contributed by atoms with van der Waals surface area (Å²) in [7, 11) is 0. The van der Waals surface area contributed by atoms with Gasteiger partial charge in [-0.1, -0.05) is 81.0 Å². The van der Waals surface area contributed by atoms with Crippen molar-refractivity contribution in [3.63, 3.8) is 0 Å². The summed E-state index contributed by atoms with van der Waals surface area (Å²) < 4.78 is 0. The molecule has 0 radical (unpaired) electrons. The number of aryl methyl sites for hydroxylation is 1. The smallest absolute Gasteiger partial charge is 0.0695 e. The maximum atomic E-state index is 3.36. The first kappa shape index (κ1) is 17.1. The lowest BCUT2D eigenvalue weighted by molar-refractivity contribution is 0.737. The van der Waals surface area contributed by atoms with Crippen molar-refractivity contribution in [3.05, 3.63) is 84.1 Å². The lowest BCUT2D eigenvalue weighted by atomic mass is 9.98. The summed E-state index contributed by atoms with van der Waals surface area (Å²) in [5.41, 5.74) is 5.13. The summed E-state index contributed by atoms with van der Waals surface area (Å²) >= 11 is 0. The first-order chi connectivity index (χ1) is 11.1. The van der Waals surface area contributed by atoms with Gasteiger partial charge in [0.2, 0.25) is 0 Å². The molecule has 0 aromatic heterocycles. The SMILES string of the molecule is CC(C)C.Cc1cccc(-c2cccc(C3C=CC=CN3)c2)c1. The van der Waals surface area contributed by atoms with E-state index < -0.39 is 0 Å².